The van der Waals surface area contributed by atoms with Crippen molar-refractivity contribution >= 4 is 11.7 Å². The van der Waals surface area contributed by atoms with E-state index in [4.69, 9.17) is 4.42 Å². The summed E-state index contributed by atoms with van der Waals surface area (Å²) in [7, 11) is 0. The van der Waals surface area contributed by atoms with Crippen LogP contribution in [0.2, 0.25) is 0 Å². The fourth-order valence-corrected chi connectivity index (χ4v) is 2.58. The summed E-state index contributed by atoms with van der Waals surface area (Å²) in [6.07, 6.45) is 2.21. The molecule has 0 atom stereocenters. The van der Waals surface area contributed by atoms with Gasteiger partial charge in [-0.15, -0.1) is 0 Å². The van der Waals surface area contributed by atoms with E-state index < -0.39 is 0 Å². The molecule has 3 nitrogen and oxygen atoms in total. The first-order valence-corrected chi connectivity index (χ1v) is 6.66. The topological polar surface area (TPSA) is 33.5 Å². The van der Waals surface area contributed by atoms with E-state index in [9.17, 15) is 4.79 Å². The minimum absolute atomic E-state index is 0.0264. The lowest BCUT2D eigenvalue weighted by Gasteiger charge is -2.19. The number of anilines is 1. The SMILES string of the molecule is CC(=O)c1ccc(N2CCCc3ccccc3C2)o1. The number of rotatable bonds is 2. The molecule has 1 aliphatic rings. The second-order valence-corrected chi connectivity index (χ2v) is 4.99. The molecule has 0 fully saturated rings. The van der Waals surface area contributed by atoms with Gasteiger partial charge in [0.15, 0.2) is 17.4 Å². The lowest BCUT2D eigenvalue weighted by Crippen LogP contribution is -2.21. The Hall–Kier alpha value is -2.03. The van der Waals surface area contributed by atoms with E-state index in [0.717, 1.165) is 31.8 Å². The smallest absolute Gasteiger partial charge is 0.196 e. The van der Waals surface area contributed by atoms with Crippen molar-refractivity contribution in [1.29, 1.82) is 0 Å². The van der Waals surface area contributed by atoms with Gasteiger partial charge in [-0.05, 0) is 30.0 Å². The highest BCUT2D eigenvalue weighted by Crippen LogP contribution is 2.25. The maximum atomic E-state index is 11.3. The monoisotopic (exact) mass is 255 g/mol. The fourth-order valence-electron chi connectivity index (χ4n) is 2.58. The van der Waals surface area contributed by atoms with Crippen LogP contribution in [0.4, 0.5) is 5.88 Å². The first kappa shape index (κ1) is 12.0. The van der Waals surface area contributed by atoms with Crippen molar-refractivity contribution in [2.75, 3.05) is 11.4 Å². The Morgan fingerprint density at radius 1 is 1.16 bits per heavy atom. The van der Waals surface area contributed by atoms with Crippen LogP contribution in [0.25, 0.3) is 0 Å². The third-order valence-electron chi connectivity index (χ3n) is 3.60. The number of carbonyl (C=O) groups is 1. The first-order chi connectivity index (χ1) is 9.24. The lowest BCUT2D eigenvalue weighted by molar-refractivity contribution is 0.0987. The van der Waals surface area contributed by atoms with Crippen LogP contribution in [0.5, 0.6) is 0 Å². The van der Waals surface area contributed by atoms with E-state index in [1.54, 1.807) is 6.07 Å². The predicted octanol–water partition coefficient (Wildman–Crippen LogP) is 3.44. The molecule has 3 rings (SSSR count). The molecule has 0 saturated carbocycles. The van der Waals surface area contributed by atoms with Gasteiger partial charge in [0.1, 0.15) is 0 Å². The number of carbonyl (C=O) groups excluding carboxylic acids is 1. The summed E-state index contributed by atoms with van der Waals surface area (Å²) in [5.74, 6) is 1.20. The van der Waals surface area contributed by atoms with Gasteiger partial charge in [-0.3, -0.25) is 4.79 Å². The molecule has 0 radical (unpaired) electrons. The first-order valence-electron chi connectivity index (χ1n) is 6.66. The number of Topliss-reactive ketones (excluding diaryl/α,β-unsaturated/α-hetero) is 1. The van der Waals surface area contributed by atoms with E-state index in [1.807, 2.05) is 6.07 Å². The number of aryl methyl sites for hydroxylation is 1. The number of hydrogen-bond donors (Lipinski definition) is 0. The van der Waals surface area contributed by atoms with Crippen molar-refractivity contribution in [3.63, 3.8) is 0 Å². The second-order valence-electron chi connectivity index (χ2n) is 4.99. The molecule has 0 N–H and O–H groups in total. The normalized spacial score (nSPS) is 14.9. The number of nitrogens with zero attached hydrogens (tertiary/aromatic N) is 1. The summed E-state index contributed by atoms with van der Waals surface area (Å²) in [6, 6.07) is 12.2. The standard InChI is InChI=1S/C16H17NO2/c1-12(18)15-8-9-16(19-15)17-10-4-7-13-5-2-3-6-14(13)11-17/h2-3,5-6,8-9H,4,7,10-11H2,1H3. The minimum Gasteiger partial charge on any atom is -0.437 e. The van der Waals surface area contributed by atoms with Crippen LogP contribution in [0.15, 0.2) is 40.8 Å². The van der Waals surface area contributed by atoms with Crippen LogP contribution in [0.3, 0.4) is 0 Å². The van der Waals surface area contributed by atoms with E-state index in [-0.39, 0.29) is 5.78 Å². The molecular formula is C16H17NO2. The number of ketones is 1. The molecule has 0 bridgehead atoms. The Bertz CT molecular complexity index is 600. The third-order valence-corrected chi connectivity index (χ3v) is 3.60. The maximum absolute atomic E-state index is 11.3. The molecule has 1 aromatic heterocycles. The Morgan fingerprint density at radius 3 is 2.68 bits per heavy atom. The van der Waals surface area contributed by atoms with Crippen molar-refractivity contribution in [2.24, 2.45) is 0 Å². The highest BCUT2D eigenvalue weighted by Gasteiger charge is 2.17. The molecule has 0 aliphatic carbocycles. The largest absolute Gasteiger partial charge is 0.437 e. The molecular weight excluding hydrogens is 238 g/mol. The van der Waals surface area contributed by atoms with Crippen LogP contribution in [-0.2, 0) is 13.0 Å². The van der Waals surface area contributed by atoms with Crippen molar-refractivity contribution < 1.29 is 9.21 Å². The number of furan rings is 1. The van der Waals surface area contributed by atoms with E-state index >= 15 is 0 Å². The molecule has 2 aromatic rings. The van der Waals surface area contributed by atoms with E-state index in [2.05, 4.69) is 29.2 Å². The van der Waals surface area contributed by atoms with Gasteiger partial charge in [0, 0.05) is 26.1 Å². The lowest BCUT2D eigenvalue weighted by atomic mass is 10.0. The molecule has 0 amide bonds. The zero-order chi connectivity index (χ0) is 13.2. The molecule has 0 unspecified atom stereocenters. The van der Waals surface area contributed by atoms with Crippen LogP contribution >= 0.6 is 0 Å². The number of fused-ring (bicyclic) bond motifs is 1. The summed E-state index contributed by atoms with van der Waals surface area (Å²) in [6.45, 7) is 3.33. The highest BCUT2D eigenvalue weighted by molar-refractivity contribution is 5.91. The Balaban J connectivity index is 1.87. The third kappa shape index (κ3) is 2.41. The van der Waals surface area contributed by atoms with Crippen LogP contribution < -0.4 is 4.90 Å². The van der Waals surface area contributed by atoms with E-state index in [0.29, 0.717) is 5.76 Å². The van der Waals surface area contributed by atoms with Crippen LogP contribution in [-0.4, -0.2) is 12.3 Å². The summed E-state index contributed by atoms with van der Waals surface area (Å²) >= 11 is 0. The number of hydrogen-bond acceptors (Lipinski definition) is 3. The Morgan fingerprint density at radius 2 is 1.95 bits per heavy atom. The van der Waals surface area contributed by atoms with Gasteiger partial charge in [0.2, 0.25) is 0 Å². The van der Waals surface area contributed by atoms with Gasteiger partial charge >= 0.3 is 0 Å². The average molecular weight is 255 g/mol. The van der Waals surface area contributed by atoms with Crippen LogP contribution in [0, 0.1) is 0 Å². The van der Waals surface area contributed by atoms with Crippen molar-refractivity contribution in [2.45, 2.75) is 26.3 Å². The second kappa shape index (κ2) is 4.92. The molecule has 3 heteroatoms. The van der Waals surface area contributed by atoms with Crippen molar-refractivity contribution in [3.8, 4) is 0 Å². The molecule has 98 valence electrons. The maximum Gasteiger partial charge on any atom is 0.196 e. The van der Waals surface area contributed by atoms with Gasteiger partial charge in [-0.2, -0.15) is 0 Å². The summed E-state index contributed by atoms with van der Waals surface area (Å²) in [5.41, 5.74) is 2.77. The van der Waals surface area contributed by atoms with Gasteiger partial charge in [0.25, 0.3) is 0 Å². The van der Waals surface area contributed by atoms with Gasteiger partial charge in [-0.25, -0.2) is 0 Å². The molecule has 2 heterocycles. The molecule has 1 aliphatic heterocycles. The molecule has 0 saturated heterocycles. The molecule has 1 aromatic carbocycles. The Kier molecular flexibility index (Phi) is 3.11. The van der Waals surface area contributed by atoms with Crippen molar-refractivity contribution in [3.05, 3.63) is 53.3 Å². The zero-order valence-electron chi connectivity index (χ0n) is 11.1. The zero-order valence-corrected chi connectivity index (χ0v) is 11.1. The van der Waals surface area contributed by atoms with Gasteiger partial charge in [-0.1, -0.05) is 24.3 Å². The molecule has 19 heavy (non-hydrogen) atoms. The molecule has 0 spiro atoms. The predicted molar refractivity (Wildman–Crippen MR) is 74.5 cm³/mol. The number of benzene rings is 1. The average Bonchev–Trinajstić information content (AvgIpc) is 2.80. The fraction of sp³-hybridized carbons (Fsp3) is 0.312. The van der Waals surface area contributed by atoms with Crippen LogP contribution in [0.1, 0.15) is 35.0 Å². The summed E-state index contributed by atoms with van der Waals surface area (Å²) < 4.78 is 5.63. The van der Waals surface area contributed by atoms with Gasteiger partial charge in [0.05, 0.1) is 0 Å². The summed E-state index contributed by atoms with van der Waals surface area (Å²) in [5, 5.41) is 0. The van der Waals surface area contributed by atoms with E-state index in [1.165, 1.54) is 18.1 Å². The quantitative estimate of drug-likeness (QED) is 0.771. The summed E-state index contributed by atoms with van der Waals surface area (Å²) in [4.78, 5) is 13.5. The van der Waals surface area contributed by atoms with Gasteiger partial charge < -0.3 is 9.32 Å². The van der Waals surface area contributed by atoms with Crippen molar-refractivity contribution in [1.82, 2.24) is 0 Å². The minimum atomic E-state index is -0.0264. The Labute approximate surface area is 112 Å². The highest BCUT2D eigenvalue weighted by atomic mass is 16.4.